The van der Waals surface area contributed by atoms with E-state index in [1.807, 2.05) is 0 Å². The lowest BCUT2D eigenvalue weighted by molar-refractivity contribution is 0.670. The van der Waals surface area contributed by atoms with Crippen LogP contribution in [0.1, 0.15) is 31.0 Å². The van der Waals surface area contributed by atoms with E-state index < -0.39 is 0 Å². The lowest BCUT2D eigenvalue weighted by Gasteiger charge is -2.07. The maximum atomic E-state index is 2.54. The molecule has 0 saturated heterocycles. The van der Waals surface area contributed by atoms with E-state index in [2.05, 4.69) is 35.8 Å². The fraction of sp³-hybridized carbons (Fsp3) is 0.429. The molecule has 0 saturated carbocycles. The number of para-hydroxylation sites is 1. The van der Waals surface area contributed by atoms with Crippen molar-refractivity contribution in [2.75, 3.05) is 0 Å². The van der Waals surface area contributed by atoms with Crippen LogP contribution in [0.15, 0.2) is 24.3 Å². The summed E-state index contributed by atoms with van der Waals surface area (Å²) >= 11 is 0. The van der Waals surface area contributed by atoms with E-state index in [0.29, 0.717) is 0 Å². The summed E-state index contributed by atoms with van der Waals surface area (Å²) in [5.74, 6) is 0. The zero-order valence-electron chi connectivity index (χ0n) is 10.00. The topological polar surface area (TPSA) is 39.9 Å². The molecule has 2 aromatic rings. The number of aryl methyl sites for hydroxylation is 2. The van der Waals surface area contributed by atoms with Gasteiger partial charge >= 0.3 is 0 Å². The number of fused-ring (bicyclic) bond motifs is 3. The lowest BCUT2D eigenvalue weighted by Crippen LogP contribution is -2.00. The van der Waals surface area contributed by atoms with Crippen LogP contribution in [0, 0.1) is 0 Å². The Hall–Kier alpha value is -1.28. The Balaban J connectivity index is 0.000000963. The van der Waals surface area contributed by atoms with Crippen molar-refractivity contribution in [1.29, 1.82) is 0 Å². The Bertz CT molecular complexity index is 497. The molecule has 0 atom stereocenters. The number of hydrogen-bond acceptors (Lipinski definition) is 1. The van der Waals surface area contributed by atoms with Crippen LogP contribution in [-0.2, 0) is 19.4 Å². The highest BCUT2D eigenvalue weighted by atomic mass is 15.0. The molecule has 1 aromatic heterocycles. The van der Waals surface area contributed by atoms with Gasteiger partial charge in [0.15, 0.2) is 0 Å². The zero-order valence-corrected chi connectivity index (χ0v) is 10.00. The maximum absolute atomic E-state index is 2.54. The quantitative estimate of drug-likeness (QED) is 0.816. The largest absolute Gasteiger partial charge is 0.344 e. The van der Waals surface area contributed by atoms with Gasteiger partial charge in [-0.2, -0.15) is 0 Å². The number of aromatic nitrogens is 1. The van der Waals surface area contributed by atoms with Gasteiger partial charge in [0.25, 0.3) is 0 Å². The smallest absolute Gasteiger partial charge is 0.0485 e. The Morgan fingerprint density at radius 1 is 1.19 bits per heavy atom. The molecule has 86 valence electrons. The molecule has 0 radical (unpaired) electrons. The van der Waals surface area contributed by atoms with E-state index in [9.17, 15) is 0 Å². The molecule has 0 spiro atoms. The van der Waals surface area contributed by atoms with Crippen molar-refractivity contribution in [2.24, 2.45) is 0 Å². The van der Waals surface area contributed by atoms with Gasteiger partial charge in [0.1, 0.15) is 0 Å². The van der Waals surface area contributed by atoms with E-state index in [-0.39, 0.29) is 6.15 Å². The van der Waals surface area contributed by atoms with Gasteiger partial charge in [-0.05, 0) is 37.3 Å². The summed E-state index contributed by atoms with van der Waals surface area (Å²) in [6.45, 7) is 3.44. The molecule has 0 amide bonds. The first-order valence-electron chi connectivity index (χ1n) is 6.01. The monoisotopic (exact) mass is 216 g/mol. The fourth-order valence-electron chi connectivity index (χ4n) is 2.90. The van der Waals surface area contributed by atoms with Gasteiger partial charge < -0.3 is 10.7 Å². The number of nitrogens with zero attached hydrogens (tertiary/aromatic N) is 1. The van der Waals surface area contributed by atoms with Crippen molar-refractivity contribution >= 4 is 10.9 Å². The van der Waals surface area contributed by atoms with E-state index in [1.165, 1.54) is 43.1 Å². The van der Waals surface area contributed by atoms with Crippen LogP contribution in [0.2, 0.25) is 0 Å². The molecule has 0 fully saturated rings. The molecule has 3 N–H and O–H groups in total. The number of benzene rings is 1. The Morgan fingerprint density at radius 3 is 2.81 bits per heavy atom. The summed E-state index contributed by atoms with van der Waals surface area (Å²) in [5, 5.41) is 1.50. The normalized spacial score (nSPS) is 13.8. The minimum absolute atomic E-state index is 0. The summed E-state index contributed by atoms with van der Waals surface area (Å²) in [7, 11) is 0. The summed E-state index contributed by atoms with van der Waals surface area (Å²) in [6, 6.07) is 8.87. The third-order valence-electron chi connectivity index (χ3n) is 3.48. The Labute approximate surface area is 96.9 Å². The molecule has 1 aliphatic carbocycles. The summed E-state index contributed by atoms with van der Waals surface area (Å²) in [5.41, 5.74) is 4.68. The van der Waals surface area contributed by atoms with Crippen molar-refractivity contribution in [3.63, 3.8) is 0 Å². The van der Waals surface area contributed by atoms with Crippen molar-refractivity contribution in [1.82, 2.24) is 10.7 Å². The Morgan fingerprint density at radius 2 is 2.00 bits per heavy atom. The second kappa shape index (κ2) is 4.30. The van der Waals surface area contributed by atoms with Crippen LogP contribution in [0.3, 0.4) is 0 Å². The molecule has 2 heteroatoms. The molecule has 1 heterocycles. The van der Waals surface area contributed by atoms with Gasteiger partial charge in [-0.1, -0.05) is 25.1 Å². The highest BCUT2D eigenvalue weighted by Gasteiger charge is 2.20. The highest BCUT2D eigenvalue weighted by molar-refractivity contribution is 5.86. The minimum Gasteiger partial charge on any atom is -0.344 e. The van der Waals surface area contributed by atoms with Gasteiger partial charge in [-0.25, -0.2) is 0 Å². The molecule has 0 aliphatic heterocycles. The Kier molecular flexibility index (Phi) is 3.01. The van der Waals surface area contributed by atoms with Gasteiger partial charge in [-0.15, -0.1) is 0 Å². The van der Waals surface area contributed by atoms with Crippen molar-refractivity contribution in [2.45, 2.75) is 39.2 Å². The fourth-order valence-corrected chi connectivity index (χ4v) is 2.90. The van der Waals surface area contributed by atoms with Crippen molar-refractivity contribution in [3.05, 3.63) is 35.5 Å². The van der Waals surface area contributed by atoms with Gasteiger partial charge in [0.05, 0.1) is 0 Å². The molecular formula is C14H20N2. The van der Waals surface area contributed by atoms with Crippen LogP contribution in [0.5, 0.6) is 0 Å². The van der Waals surface area contributed by atoms with Gasteiger partial charge in [0.2, 0.25) is 0 Å². The first kappa shape index (κ1) is 11.2. The summed E-state index contributed by atoms with van der Waals surface area (Å²) in [4.78, 5) is 0. The molecule has 0 bridgehead atoms. The average Bonchev–Trinajstić information content (AvgIpc) is 2.82. The molecule has 3 rings (SSSR count). The first-order valence-corrected chi connectivity index (χ1v) is 6.01. The predicted octanol–water partition coefficient (Wildman–Crippen LogP) is 3.70. The number of rotatable bonds is 2. The second-order valence-corrected chi connectivity index (χ2v) is 4.45. The third kappa shape index (κ3) is 1.45. The van der Waals surface area contributed by atoms with Gasteiger partial charge in [-0.3, -0.25) is 0 Å². The average molecular weight is 216 g/mol. The van der Waals surface area contributed by atoms with Crippen molar-refractivity contribution < 1.29 is 0 Å². The van der Waals surface area contributed by atoms with Crippen LogP contribution in [0.4, 0.5) is 0 Å². The molecule has 1 aliphatic rings. The van der Waals surface area contributed by atoms with Gasteiger partial charge in [0, 0.05) is 23.1 Å². The summed E-state index contributed by atoms with van der Waals surface area (Å²) in [6.07, 6.45) is 5.14. The zero-order chi connectivity index (χ0) is 10.3. The maximum Gasteiger partial charge on any atom is 0.0485 e. The van der Waals surface area contributed by atoms with Crippen LogP contribution >= 0.6 is 0 Å². The number of hydrogen-bond donors (Lipinski definition) is 1. The van der Waals surface area contributed by atoms with E-state index in [1.54, 1.807) is 11.3 Å². The van der Waals surface area contributed by atoms with E-state index in [4.69, 9.17) is 0 Å². The third-order valence-corrected chi connectivity index (χ3v) is 3.48. The molecule has 2 nitrogen and oxygen atoms in total. The predicted molar refractivity (Wildman–Crippen MR) is 69.3 cm³/mol. The standard InChI is InChI=1S/C14H17N.H3N/c1-2-10-15-13-8-4-3-6-11(13)12-7-5-9-14(12)15;/h3-4,6,8H,2,5,7,9-10H2,1H3;1H3. The molecule has 16 heavy (non-hydrogen) atoms. The highest BCUT2D eigenvalue weighted by Crippen LogP contribution is 2.32. The summed E-state index contributed by atoms with van der Waals surface area (Å²) < 4.78 is 2.54. The second-order valence-electron chi connectivity index (χ2n) is 4.45. The molecule has 0 unspecified atom stereocenters. The lowest BCUT2D eigenvalue weighted by atomic mass is 10.1. The van der Waals surface area contributed by atoms with Crippen LogP contribution in [0.25, 0.3) is 10.9 Å². The van der Waals surface area contributed by atoms with E-state index >= 15 is 0 Å². The molecule has 1 aromatic carbocycles. The van der Waals surface area contributed by atoms with E-state index in [0.717, 1.165) is 0 Å². The first-order chi connectivity index (χ1) is 7.42. The minimum atomic E-state index is 0. The van der Waals surface area contributed by atoms with Crippen molar-refractivity contribution in [3.8, 4) is 0 Å². The van der Waals surface area contributed by atoms with Crippen LogP contribution in [-0.4, -0.2) is 4.57 Å². The molecular weight excluding hydrogens is 196 g/mol. The van der Waals surface area contributed by atoms with Crippen LogP contribution < -0.4 is 6.15 Å². The SMILES string of the molecule is CCCn1c2c(c3ccccc31)CCC2.N.